The largest absolute Gasteiger partial charge is 0.320 e. The van der Waals surface area contributed by atoms with Crippen LogP contribution in [0.15, 0.2) is 42.5 Å². The monoisotopic (exact) mass is 277 g/mol. The third-order valence-electron chi connectivity index (χ3n) is 3.18. The van der Waals surface area contributed by atoms with E-state index < -0.39 is 0 Å². The van der Waals surface area contributed by atoms with E-state index in [1.165, 1.54) is 17.7 Å². The smallest absolute Gasteiger partial charge is 0.124 e. The molecule has 0 aromatic heterocycles. The van der Waals surface area contributed by atoms with Gasteiger partial charge in [-0.1, -0.05) is 55.3 Å². The molecule has 100 valence electrons. The fraction of sp³-hybridized carbons (Fsp3) is 0.250. The summed E-state index contributed by atoms with van der Waals surface area (Å²) in [6, 6.07) is 12.2. The van der Waals surface area contributed by atoms with Crippen molar-refractivity contribution in [2.75, 3.05) is 0 Å². The summed E-state index contributed by atoms with van der Waals surface area (Å²) in [5.41, 5.74) is 9.20. The molecule has 1 atom stereocenters. The number of hydrogen-bond acceptors (Lipinski definition) is 1. The van der Waals surface area contributed by atoms with E-state index >= 15 is 0 Å². The molecule has 0 amide bonds. The van der Waals surface area contributed by atoms with Crippen molar-refractivity contribution in [3.63, 3.8) is 0 Å². The van der Waals surface area contributed by atoms with Gasteiger partial charge in [0.15, 0.2) is 0 Å². The van der Waals surface area contributed by atoms with Gasteiger partial charge in [-0.3, -0.25) is 0 Å². The first-order valence-corrected chi connectivity index (χ1v) is 6.79. The molecule has 0 aliphatic carbocycles. The highest BCUT2D eigenvalue weighted by atomic mass is 35.5. The van der Waals surface area contributed by atoms with Gasteiger partial charge in [-0.15, -0.1) is 0 Å². The maximum Gasteiger partial charge on any atom is 0.124 e. The van der Waals surface area contributed by atoms with Crippen LogP contribution in [-0.4, -0.2) is 0 Å². The van der Waals surface area contributed by atoms with Gasteiger partial charge in [0.1, 0.15) is 5.82 Å². The molecule has 0 saturated carbocycles. The second kappa shape index (κ2) is 6.18. The van der Waals surface area contributed by atoms with Gasteiger partial charge in [-0.05, 0) is 35.2 Å². The molecule has 2 N–H and O–H groups in total. The van der Waals surface area contributed by atoms with Gasteiger partial charge >= 0.3 is 0 Å². The SMILES string of the molecule is CCCc1ccc(C(N)c2ccc(F)cc2Cl)cc1. The molecule has 0 saturated heterocycles. The maximum absolute atomic E-state index is 13.0. The molecule has 3 heteroatoms. The van der Waals surface area contributed by atoms with Crippen molar-refractivity contribution in [2.45, 2.75) is 25.8 Å². The molecular weight excluding hydrogens is 261 g/mol. The van der Waals surface area contributed by atoms with Gasteiger partial charge in [-0.2, -0.15) is 0 Å². The summed E-state index contributed by atoms with van der Waals surface area (Å²) in [7, 11) is 0. The second-order valence-electron chi connectivity index (χ2n) is 4.64. The van der Waals surface area contributed by atoms with Gasteiger partial charge in [0.05, 0.1) is 6.04 Å². The van der Waals surface area contributed by atoms with Crippen LogP contribution < -0.4 is 5.73 Å². The molecule has 0 spiro atoms. The average Bonchev–Trinajstić information content (AvgIpc) is 2.39. The van der Waals surface area contributed by atoms with E-state index in [4.69, 9.17) is 17.3 Å². The predicted octanol–water partition coefficient (Wildman–Crippen LogP) is 4.48. The molecule has 0 bridgehead atoms. The highest BCUT2D eigenvalue weighted by molar-refractivity contribution is 6.31. The molecule has 0 radical (unpaired) electrons. The number of hydrogen-bond donors (Lipinski definition) is 1. The van der Waals surface area contributed by atoms with Crippen molar-refractivity contribution in [1.29, 1.82) is 0 Å². The third kappa shape index (κ3) is 3.34. The van der Waals surface area contributed by atoms with Crippen molar-refractivity contribution < 1.29 is 4.39 Å². The van der Waals surface area contributed by atoms with Crippen molar-refractivity contribution in [3.05, 3.63) is 70.0 Å². The summed E-state index contributed by atoms with van der Waals surface area (Å²) < 4.78 is 13.0. The Hall–Kier alpha value is -1.38. The Kier molecular flexibility index (Phi) is 4.56. The number of aryl methyl sites for hydroxylation is 1. The molecule has 2 aromatic rings. The zero-order valence-electron chi connectivity index (χ0n) is 10.9. The van der Waals surface area contributed by atoms with E-state index in [0.29, 0.717) is 5.02 Å². The van der Waals surface area contributed by atoms with Gasteiger partial charge in [0.25, 0.3) is 0 Å². The molecule has 2 rings (SSSR count). The second-order valence-corrected chi connectivity index (χ2v) is 5.04. The van der Waals surface area contributed by atoms with Crippen LogP contribution in [0.3, 0.4) is 0 Å². The first-order valence-electron chi connectivity index (χ1n) is 6.41. The molecule has 0 fully saturated rings. The van der Waals surface area contributed by atoms with Gasteiger partial charge in [0, 0.05) is 5.02 Å². The summed E-state index contributed by atoms with van der Waals surface area (Å²) in [6.07, 6.45) is 2.18. The molecule has 1 nitrogen and oxygen atoms in total. The maximum atomic E-state index is 13.0. The normalized spacial score (nSPS) is 12.4. The van der Waals surface area contributed by atoms with Crippen LogP contribution >= 0.6 is 11.6 Å². The zero-order valence-corrected chi connectivity index (χ0v) is 11.6. The number of rotatable bonds is 4. The Labute approximate surface area is 118 Å². The lowest BCUT2D eigenvalue weighted by atomic mass is 9.97. The first-order chi connectivity index (χ1) is 9.11. The summed E-state index contributed by atoms with van der Waals surface area (Å²) >= 11 is 6.04. The number of halogens is 2. The lowest BCUT2D eigenvalue weighted by Crippen LogP contribution is -2.12. The third-order valence-corrected chi connectivity index (χ3v) is 3.50. The minimum Gasteiger partial charge on any atom is -0.320 e. The molecule has 0 aliphatic rings. The first kappa shape index (κ1) is 14.0. The van der Waals surface area contributed by atoms with Gasteiger partial charge in [-0.25, -0.2) is 4.39 Å². The molecule has 0 heterocycles. The van der Waals surface area contributed by atoms with Gasteiger partial charge < -0.3 is 5.73 Å². The van der Waals surface area contributed by atoms with Crippen molar-refractivity contribution in [3.8, 4) is 0 Å². The standard InChI is InChI=1S/C16H17ClFN/c1-2-3-11-4-6-12(7-5-11)16(19)14-9-8-13(18)10-15(14)17/h4-10,16H,2-3,19H2,1H3. The van der Waals surface area contributed by atoms with Crippen molar-refractivity contribution in [1.82, 2.24) is 0 Å². The van der Waals surface area contributed by atoms with Crippen LogP contribution in [0, 0.1) is 5.82 Å². The predicted molar refractivity (Wildman–Crippen MR) is 77.9 cm³/mol. The van der Waals surface area contributed by atoms with Crippen LogP contribution in [0.25, 0.3) is 0 Å². The quantitative estimate of drug-likeness (QED) is 0.876. The van der Waals surface area contributed by atoms with Crippen LogP contribution in [0.4, 0.5) is 4.39 Å². The van der Waals surface area contributed by atoms with Crippen LogP contribution in [0.2, 0.25) is 5.02 Å². The van der Waals surface area contributed by atoms with E-state index in [1.54, 1.807) is 6.07 Å². The topological polar surface area (TPSA) is 26.0 Å². The summed E-state index contributed by atoms with van der Waals surface area (Å²) in [5, 5.41) is 0.366. The Morgan fingerprint density at radius 3 is 2.42 bits per heavy atom. The summed E-state index contributed by atoms with van der Waals surface area (Å²) in [5.74, 6) is -0.348. The van der Waals surface area contributed by atoms with E-state index in [1.807, 2.05) is 12.1 Å². The van der Waals surface area contributed by atoms with Crippen molar-refractivity contribution >= 4 is 11.6 Å². The fourth-order valence-electron chi connectivity index (χ4n) is 2.11. The molecule has 2 aromatic carbocycles. The Balaban J connectivity index is 2.25. The number of benzene rings is 2. The van der Waals surface area contributed by atoms with E-state index in [0.717, 1.165) is 24.0 Å². The van der Waals surface area contributed by atoms with Crippen LogP contribution in [-0.2, 0) is 6.42 Å². The molecule has 19 heavy (non-hydrogen) atoms. The molecule has 1 unspecified atom stereocenters. The van der Waals surface area contributed by atoms with E-state index in [-0.39, 0.29) is 11.9 Å². The lowest BCUT2D eigenvalue weighted by Gasteiger charge is -2.14. The summed E-state index contributed by atoms with van der Waals surface area (Å²) in [4.78, 5) is 0. The zero-order chi connectivity index (χ0) is 13.8. The minimum absolute atomic E-state index is 0.330. The van der Waals surface area contributed by atoms with Crippen LogP contribution in [0.1, 0.15) is 36.1 Å². The Morgan fingerprint density at radius 1 is 1.16 bits per heavy atom. The van der Waals surface area contributed by atoms with E-state index in [9.17, 15) is 4.39 Å². The highest BCUT2D eigenvalue weighted by Gasteiger charge is 2.13. The van der Waals surface area contributed by atoms with Gasteiger partial charge in [0.2, 0.25) is 0 Å². The number of nitrogens with two attached hydrogens (primary N) is 1. The average molecular weight is 278 g/mol. The molecule has 0 aliphatic heterocycles. The van der Waals surface area contributed by atoms with Crippen LogP contribution in [0.5, 0.6) is 0 Å². The minimum atomic E-state index is -0.348. The van der Waals surface area contributed by atoms with Crippen molar-refractivity contribution in [2.24, 2.45) is 5.73 Å². The molecular formula is C16H17ClFN. The summed E-state index contributed by atoms with van der Waals surface area (Å²) in [6.45, 7) is 2.15. The highest BCUT2D eigenvalue weighted by Crippen LogP contribution is 2.27. The Bertz CT molecular complexity index is 551. The lowest BCUT2D eigenvalue weighted by molar-refractivity contribution is 0.626. The fourth-order valence-corrected chi connectivity index (χ4v) is 2.40. The Morgan fingerprint density at radius 2 is 1.84 bits per heavy atom. The van der Waals surface area contributed by atoms with E-state index in [2.05, 4.69) is 19.1 Å².